The van der Waals surface area contributed by atoms with Crippen LogP contribution < -0.4 is 11.0 Å². The molecule has 1 aliphatic heterocycles. The second-order valence-corrected chi connectivity index (χ2v) is 7.05. The van der Waals surface area contributed by atoms with Gasteiger partial charge in [-0.25, -0.2) is 4.79 Å². The van der Waals surface area contributed by atoms with Crippen molar-refractivity contribution in [1.29, 1.82) is 0 Å². The lowest BCUT2D eigenvalue weighted by Crippen LogP contribution is -2.41. The van der Waals surface area contributed by atoms with Gasteiger partial charge in [0.2, 0.25) is 0 Å². The quantitative estimate of drug-likeness (QED) is 0.856. The highest BCUT2D eigenvalue weighted by atomic mass is 16.7. The molecule has 7 heteroatoms. The SMILES string of the molecule is CCC(C)n1cc(B2OC(C)(C)C(C)(C)O2)cc(C(=O)O)c1=O. The summed E-state index contributed by atoms with van der Waals surface area (Å²) in [4.78, 5) is 23.7. The summed E-state index contributed by atoms with van der Waals surface area (Å²) in [5, 5.41) is 9.32. The molecular weight excluding hydrogens is 297 g/mol. The number of aromatic carboxylic acids is 1. The molecule has 2 rings (SSSR count). The summed E-state index contributed by atoms with van der Waals surface area (Å²) in [5.74, 6) is -1.24. The number of rotatable bonds is 4. The normalized spacial score (nSPS) is 20.5. The fourth-order valence-corrected chi connectivity index (χ4v) is 2.41. The van der Waals surface area contributed by atoms with Crippen LogP contribution in [0, 0.1) is 0 Å². The molecule has 1 aromatic rings. The third kappa shape index (κ3) is 3.08. The molecule has 0 radical (unpaired) electrons. The van der Waals surface area contributed by atoms with Gasteiger partial charge >= 0.3 is 13.1 Å². The van der Waals surface area contributed by atoms with Crippen LogP contribution in [0.4, 0.5) is 0 Å². The predicted molar refractivity (Wildman–Crippen MR) is 88.4 cm³/mol. The molecule has 1 atom stereocenters. The first-order valence-electron chi connectivity index (χ1n) is 7.85. The third-order valence-electron chi connectivity index (χ3n) is 4.89. The average molecular weight is 321 g/mol. The molecule has 0 aromatic carbocycles. The fraction of sp³-hybridized carbons (Fsp3) is 0.625. The fourth-order valence-electron chi connectivity index (χ4n) is 2.41. The van der Waals surface area contributed by atoms with Crippen LogP contribution in [0.5, 0.6) is 0 Å². The maximum Gasteiger partial charge on any atom is 0.496 e. The Balaban J connectivity index is 2.54. The molecule has 2 heterocycles. The van der Waals surface area contributed by atoms with E-state index in [2.05, 4.69) is 0 Å². The van der Waals surface area contributed by atoms with E-state index in [9.17, 15) is 14.7 Å². The molecule has 0 aliphatic carbocycles. The van der Waals surface area contributed by atoms with Crippen molar-refractivity contribution >= 4 is 18.6 Å². The van der Waals surface area contributed by atoms with Gasteiger partial charge in [-0.1, -0.05) is 6.92 Å². The molecule has 0 amide bonds. The van der Waals surface area contributed by atoms with Crippen molar-refractivity contribution < 1.29 is 19.2 Å². The minimum atomic E-state index is -1.24. The summed E-state index contributed by atoms with van der Waals surface area (Å²) >= 11 is 0. The maximum atomic E-state index is 12.3. The molecule has 0 saturated carbocycles. The monoisotopic (exact) mass is 321 g/mol. The molecule has 6 nitrogen and oxygen atoms in total. The zero-order valence-corrected chi connectivity index (χ0v) is 14.5. The molecule has 1 aliphatic rings. The van der Waals surface area contributed by atoms with E-state index in [1.807, 2.05) is 41.5 Å². The number of hydrogen-bond acceptors (Lipinski definition) is 4. The number of carboxylic acid groups (broad SMARTS) is 1. The zero-order valence-electron chi connectivity index (χ0n) is 14.5. The van der Waals surface area contributed by atoms with E-state index in [1.165, 1.54) is 10.6 Å². The summed E-state index contributed by atoms with van der Waals surface area (Å²) in [5.41, 5.74) is -1.29. The molecule has 1 fully saturated rings. The van der Waals surface area contributed by atoms with Crippen LogP contribution in [-0.4, -0.2) is 34.0 Å². The molecule has 23 heavy (non-hydrogen) atoms. The summed E-state index contributed by atoms with van der Waals surface area (Å²) < 4.78 is 13.4. The second-order valence-electron chi connectivity index (χ2n) is 7.05. The first kappa shape index (κ1) is 17.8. The van der Waals surface area contributed by atoms with Gasteiger partial charge in [-0.3, -0.25) is 4.79 Å². The first-order valence-corrected chi connectivity index (χ1v) is 7.85. The highest BCUT2D eigenvalue weighted by Gasteiger charge is 2.52. The lowest BCUT2D eigenvalue weighted by atomic mass is 9.79. The van der Waals surface area contributed by atoms with E-state index in [0.29, 0.717) is 11.9 Å². The van der Waals surface area contributed by atoms with Gasteiger partial charge in [0.15, 0.2) is 0 Å². The van der Waals surface area contributed by atoms with Crippen molar-refractivity contribution in [2.24, 2.45) is 0 Å². The number of carbonyl (C=O) groups is 1. The number of aromatic nitrogens is 1. The van der Waals surface area contributed by atoms with Crippen molar-refractivity contribution in [2.45, 2.75) is 65.2 Å². The Morgan fingerprint density at radius 3 is 2.26 bits per heavy atom. The third-order valence-corrected chi connectivity index (χ3v) is 4.89. The molecule has 126 valence electrons. The van der Waals surface area contributed by atoms with Crippen molar-refractivity contribution in [3.63, 3.8) is 0 Å². The predicted octanol–water partition coefficient (Wildman–Crippen LogP) is 1.82. The van der Waals surface area contributed by atoms with Crippen LogP contribution in [-0.2, 0) is 9.31 Å². The van der Waals surface area contributed by atoms with E-state index < -0.39 is 29.8 Å². The van der Waals surface area contributed by atoms with Crippen molar-refractivity contribution in [3.8, 4) is 0 Å². The second kappa shape index (κ2) is 5.80. The Morgan fingerprint density at radius 1 is 1.30 bits per heavy atom. The van der Waals surface area contributed by atoms with Crippen LogP contribution in [0.25, 0.3) is 0 Å². The molecule has 1 unspecified atom stereocenters. The minimum Gasteiger partial charge on any atom is -0.477 e. The number of carboxylic acids is 1. The molecular formula is C16H24BNO5. The number of pyridine rings is 1. The Labute approximate surface area is 136 Å². The van der Waals surface area contributed by atoms with Gasteiger partial charge in [0, 0.05) is 12.2 Å². The summed E-state index contributed by atoms with van der Waals surface area (Å²) in [7, 11) is -0.700. The van der Waals surface area contributed by atoms with Crippen molar-refractivity contribution in [1.82, 2.24) is 4.57 Å². The Kier molecular flexibility index (Phi) is 4.48. The first-order chi connectivity index (χ1) is 10.5. The van der Waals surface area contributed by atoms with Gasteiger partial charge in [-0.2, -0.15) is 0 Å². The van der Waals surface area contributed by atoms with Gasteiger partial charge < -0.3 is 19.0 Å². The molecule has 0 spiro atoms. The van der Waals surface area contributed by atoms with Crippen LogP contribution in [0.15, 0.2) is 17.1 Å². The topological polar surface area (TPSA) is 77.8 Å². The summed E-state index contributed by atoms with van der Waals surface area (Å²) in [6.07, 6.45) is 2.36. The van der Waals surface area contributed by atoms with Gasteiger partial charge in [0.1, 0.15) is 5.56 Å². The maximum absolute atomic E-state index is 12.3. The van der Waals surface area contributed by atoms with E-state index in [1.54, 1.807) is 6.20 Å². The zero-order chi connectivity index (χ0) is 17.6. The van der Waals surface area contributed by atoms with Crippen LogP contribution in [0.3, 0.4) is 0 Å². The van der Waals surface area contributed by atoms with Gasteiger partial charge in [-0.05, 0) is 52.6 Å². The Hall–Kier alpha value is -1.60. The van der Waals surface area contributed by atoms with Gasteiger partial charge in [0.05, 0.1) is 11.2 Å². The van der Waals surface area contributed by atoms with E-state index in [4.69, 9.17) is 9.31 Å². The van der Waals surface area contributed by atoms with Crippen LogP contribution in [0.1, 0.15) is 64.4 Å². The van der Waals surface area contributed by atoms with Gasteiger partial charge in [0.25, 0.3) is 5.56 Å². The highest BCUT2D eigenvalue weighted by molar-refractivity contribution is 6.62. The smallest absolute Gasteiger partial charge is 0.477 e. The molecule has 0 bridgehead atoms. The number of hydrogen-bond donors (Lipinski definition) is 1. The largest absolute Gasteiger partial charge is 0.496 e. The van der Waals surface area contributed by atoms with Gasteiger partial charge in [-0.15, -0.1) is 0 Å². The van der Waals surface area contributed by atoms with Crippen LogP contribution in [0.2, 0.25) is 0 Å². The highest BCUT2D eigenvalue weighted by Crippen LogP contribution is 2.36. The van der Waals surface area contributed by atoms with E-state index in [0.717, 1.165) is 0 Å². The minimum absolute atomic E-state index is 0.108. The molecule has 1 saturated heterocycles. The lowest BCUT2D eigenvalue weighted by molar-refractivity contribution is 0.00578. The standard InChI is InChI=1S/C16H24BNO5/c1-7-10(2)18-9-11(8-12(13(18)19)14(20)21)17-22-15(3,4)16(5,6)23-17/h8-10H,7H2,1-6H3,(H,20,21). The Bertz CT molecular complexity index is 664. The van der Waals surface area contributed by atoms with Crippen molar-refractivity contribution in [2.75, 3.05) is 0 Å². The Morgan fingerprint density at radius 2 is 1.83 bits per heavy atom. The lowest BCUT2D eigenvalue weighted by Gasteiger charge is -2.32. The van der Waals surface area contributed by atoms with E-state index in [-0.39, 0.29) is 11.6 Å². The summed E-state index contributed by atoms with van der Waals surface area (Å²) in [6.45, 7) is 11.5. The number of nitrogens with zero attached hydrogens (tertiary/aromatic N) is 1. The van der Waals surface area contributed by atoms with Crippen molar-refractivity contribution in [3.05, 3.63) is 28.2 Å². The summed E-state index contributed by atoms with van der Waals surface area (Å²) in [6, 6.07) is 1.24. The van der Waals surface area contributed by atoms with E-state index >= 15 is 0 Å². The molecule has 1 N–H and O–H groups in total. The van der Waals surface area contributed by atoms with Crippen LogP contribution >= 0.6 is 0 Å². The molecule has 1 aromatic heterocycles. The average Bonchev–Trinajstić information content (AvgIpc) is 2.66.